The Balaban J connectivity index is 2.81. The molecule has 1 heterocycles. The predicted molar refractivity (Wildman–Crippen MR) is 49.0 cm³/mol. The number of halogens is 1. The Hall–Kier alpha value is -0.930. The summed E-state index contributed by atoms with van der Waals surface area (Å²) in [5.74, 6) is -0.280. The van der Waals surface area contributed by atoms with Gasteiger partial charge in [-0.2, -0.15) is 4.39 Å². The molecule has 0 radical (unpaired) electrons. The van der Waals surface area contributed by atoms with Gasteiger partial charge in [0, 0.05) is 6.54 Å². The highest BCUT2D eigenvalue weighted by Crippen LogP contribution is 2.16. The lowest BCUT2D eigenvalue weighted by molar-refractivity contribution is 0.515. The molecule has 0 aliphatic carbocycles. The van der Waals surface area contributed by atoms with E-state index in [0.29, 0.717) is 5.69 Å². The van der Waals surface area contributed by atoms with E-state index in [2.05, 4.69) is 17.2 Å². The molecular formula is C9H16FN3. The first-order chi connectivity index (χ1) is 6.16. The lowest BCUT2D eigenvalue weighted by Crippen LogP contribution is -2.07. The standard InChI is InChI=1S/C9H16FN3/c1-4-5-6-13-8(7(2)3)9(10)11-12-13/h7H,4-6H2,1-3H3. The second-order valence-electron chi connectivity index (χ2n) is 3.50. The topological polar surface area (TPSA) is 30.7 Å². The van der Waals surface area contributed by atoms with Gasteiger partial charge in [0.2, 0.25) is 0 Å². The number of hydrogen-bond acceptors (Lipinski definition) is 2. The van der Waals surface area contributed by atoms with Crippen LogP contribution in [0.2, 0.25) is 0 Å². The fourth-order valence-corrected chi connectivity index (χ4v) is 1.31. The van der Waals surface area contributed by atoms with Crippen molar-refractivity contribution in [2.45, 2.75) is 46.1 Å². The third-order valence-electron chi connectivity index (χ3n) is 2.00. The number of aromatic nitrogens is 3. The summed E-state index contributed by atoms with van der Waals surface area (Å²) >= 11 is 0. The monoisotopic (exact) mass is 185 g/mol. The van der Waals surface area contributed by atoms with Gasteiger partial charge in [-0.05, 0) is 12.3 Å². The Morgan fingerprint density at radius 1 is 1.46 bits per heavy atom. The van der Waals surface area contributed by atoms with Crippen molar-refractivity contribution in [3.63, 3.8) is 0 Å². The molecule has 0 aliphatic rings. The number of unbranched alkanes of at least 4 members (excludes halogenated alkanes) is 1. The SMILES string of the molecule is CCCCn1nnc(F)c1C(C)C. The molecule has 1 aromatic heterocycles. The van der Waals surface area contributed by atoms with E-state index in [-0.39, 0.29) is 5.92 Å². The summed E-state index contributed by atoms with van der Waals surface area (Å²) in [5.41, 5.74) is 0.619. The first-order valence-electron chi connectivity index (χ1n) is 4.75. The molecule has 0 saturated carbocycles. The van der Waals surface area contributed by atoms with Crippen LogP contribution in [0, 0.1) is 5.95 Å². The maximum Gasteiger partial charge on any atom is 0.256 e. The lowest BCUT2D eigenvalue weighted by Gasteiger charge is -2.07. The summed E-state index contributed by atoms with van der Waals surface area (Å²) in [5, 5.41) is 7.20. The molecule has 74 valence electrons. The normalized spacial score (nSPS) is 11.2. The second kappa shape index (κ2) is 4.35. The smallest absolute Gasteiger partial charge is 0.246 e. The largest absolute Gasteiger partial charge is 0.256 e. The van der Waals surface area contributed by atoms with Gasteiger partial charge in [-0.3, -0.25) is 0 Å². The minimum atomic E-state index is -0.425. The van der Waals surface area contributed by atoms with E-state index in [9.17, 15) is 4.39 Å². The molecule has 0 saturated heterocycles. The molecule has 0 fully saturated rings. The van der Waals surface area contributed by atoms with E-state index >= 15 is 0 Å². The number of rotatable bonds is 4. The Bertz CT molecular complexity index is 268. The molecule has 4 heteroatoms. The van der Waals surface area contributed by atoms with Crippen LogP contribution in [0.3, 0.4) is 0 Å². The highest BCUT2D eigenvalue weighted by molar-refractivity contribution is 5.02. The average molecular weight is 185 g/mol. The minimum absolute atomic E-state index is 0.145. The zero-order valence-electron chi connectivity index (χ0n) is 8.42. The summed E-state index contributed by atoms with van der Waals surface area (Å²) < 4.78 is 14.8. The van der Waals surface area contributed by atoms with Crippen LogP contribution in [0.25, 0.3) is 0 Å². The van der Waals surface area contributed by atoms with Gasteiger partial charge in [-0.15, -0.1) is 0 Å². The lowest BCUT2D eigenvalue weighted by atomic mass is 10.1. The van der Waals surface area contributed by atoms with Gasteiger partial charge in [0.1, 0.15) is 0 Å². The highest BCUT2D eigenvalue weighted by Gasteiger charge is 2.14. The van der Waals surface area contributed by atoms with Gasteiger partial charge < -0.3 is 0 Å². The molecule has 0 amide bonds. The van der Waals surface area contributed by atoms with Crippen LogP contribution < -0.4 is 0 Å². The third kappa shape index (κ3) is 2.26. The third-order valence-corrected chi connectivity index (χ3v) is 2.00. The maximum absolute atomic E-state index is 13.1. The van der Waals surface area contributed by atoms with Crippen molar-refractivity contribution in [1.29, 1.82) is 0 Å². The van der Waals surface area contributed by atoms with Crippen LogP contribution in [0.15, 0.2) is 0 Å². The number of aryl methyl sites for hydroxylation is 1. The molecule has 1 rings (SSSR count). The van der Waals surface area contributed by atoms with Crippen LogP contribution in [0.4, 0.5) is 4.39 Å². The summed E-state index contributed by atoms with van der Waals surface area (Å²) in [6.45, 7) is 6.76. The van der Waals surface area contributed by atoms with Crippen molar-refractivity contribution >= 4 is 0 Å². The Labute approximate surface area is 77.9 Å². The van der Waals surface area contributed by atoms with Crippen molar-refractivity contribution in [1.82, 2.24) is 15.0 Å². The van der Waals surface area contributed by atoms with Gasteiger partial charge in [0.25, 0.3) is 5.95 Å². The molecule has 1 aromatic rings. The Morgan fingerprint density at radius 2 is 2.15 bits per heavy atom. The summed E-state index contributed by atoms with van der Waals surface area (Å²) in [6, 6.07) is 0. The highest BCUT2D eigenvalue weighted by atomic mass is 19.1. The van der Waals surface area contributed by atoms with Crippen molar-refractivity contribution < 1.29 is 4.39 Å². The van der Waals surface area contributed by atoms with E-state index in [1.54, 1.807) is 4.68 Å². The molecule has 3 nitrogen and oxygen atoms in total. The van der Waals surface area contributed by atoms with E-state index < -0.39 is 5.95 Å². The number of nitrogens with zero attached hydrogens (tertiary/aromatic N) is 3. The molecule has 0 N–H and O–H groups in total. The summed E-state index contributed by atoms with van der Waals surface area (Å²) in [4.78, 5) is 0. The molecule has 0 aliphatic heterocycles. The minimum Gasteiger partial charge on any atom is -0.246 e. The van der Waals surface area contributed by atoms with E-state index in [0.717, 1.165) is 19.4 Å². The molecule has 0 spiro atoms. The molecule has 13 heavy (non-hydrogen) atoms. The molecule has 0 bridgehead atoms. The average Bonchev–Trinajstić information content (AvgIpc) is 2.43. The zero-order chi connectivity index (χ0) is 9.84. The first kappa shape index (κ1) is 10.2. The number of hydrogen-bond donors (Lipinski definition) is 0. The van der Waals surface area contributed by atoms with Gasteiger partial charge >= 0.3 is 0 Å². The zero-order valence-corrected chi connectivity index (χ0v) is 8.42. The first-order valence-corrected chi connectivity index (χ1v) is 4.75. The maximum atomic E-state index is 13.1. The van der Waals surface area contributed by atoms with Crippen LogP contribution >= 0.6 is 0 Å². The second-order valence-corrected chi connectivity index (χ2v) is 3.50. The molecular weight excluding hydrogens is 169 g/mol. The van der Waals surface area contributed by atoms with Crippen molar-refractivity contribution in [2.24, 2.45) is 0 Å². The van der Waals surface area contributed by atoms with Crippen LogP contribution in [0.5, 0.6) is 0 Å². The quantitative estimate of drug-likeness (QED) is 0.720. The van der Waals surface area contributed by atoms with Crippen LogP contribution in [-0.4, -0.2) is 15.0 Å². The Kier molecular flexibility index (Phi) is 3.39. The van der Waals surface area contributed by atoms with E-state index in [1.807, 2.05) is 13.8 Å². The fourth-order valence-electron chi connectivity index (χ4n) is 1.31. The van der Waals surface area contributed by atoms with Crippen molar-refractivity contribution in [3.05, 3.63) is 11.6 Å². The summed E-state index contributed by atoms with van der Waals surface area (Å²) in [6.07, 6.45) is 2.10. The molecule has 0 unspecified atom stereocenters. The fraction of sp³-hybridized carbons (Fsp3) is 0.778. The van der Waals surface area contributed by atoms with Crippen LogP contribution in [0.1, 0.15) is 45.2 Å². The van der Waals surface area contributed by atoms with Gasteiger partial charge in [0.15, 0.2) is 0 Å². The van der Waals surface area contributed by atoms with Gasteiger partial charge in [-0.25, -0.2) is 4.68 Å². The van der Waals surface area contributed by atoms with Crippen molar-refractivity contribution in [3.8, 4) is 0 Å². The molecule has 0 aromatic carbocycles. The van der Waals surface area contributed by atoms with Crippen molar-refractivity contribution in [2.75, 3.05) is 0 Å². The predicted octanol–water partition coefficient (Wildman–Crippen LogP) is 2.34. The van der Waals surface area contributed by atoms with Crippen LogP contribution in [-0.2, 0) is 6.54 Å². The van der Waals surface area contributed by atoms with Gasteiger partial charge in [-0.1, -0.05) is 37.5 Å². The molecule has 0 atom stereocenters. The Morgan fingerprint density at radius 3 is 2.69 bits per heavy atom. The summed E-state index contributed by atoms with van der Waals surface area (Å²) in [7, 11) is 0. The van der Waals surface area contributed by atoms with E-state index in [4.69, 9.17) is 0 Å². The van der Waals surface area contributed by atoms with Gasteiger partial charge in [0.05, 0.1) is 5.69 Å². The van der Waals surface area contributed by atoms with E-state index in [1.165, 1.54) is 0 Å².